The third-order valence-electron chi connectivity index (χ3n) is 3.93. The van der Waals surface area contributed by atoms with Crippen molar-refractivity contribution in [1.82, 2.24) is 4.98 Å². The number of nitrogens with zero attached hydrogens (tertiary/aromatic N) is 1. The Labute approximate surface area is 165 Å². The molecule has 4 aromatic rings. The zero-order valence-electron chi connectivity index (χ0n) is 14.7. The summed E-state index contributed by atoms with van der Waals surface area (Å²) >= 11 is 1.35. The number of carbonyl (C=O) groups excluding carboxylic acids is 2. The molecule has 1 heterocycles. The van der Waals surface area contributed by atoms with Gasteiger partial charge >= 0.3 is 6.03 Å². The fraction of sp³-hybridized carbons (Fsp3) is 0. The predicted octanol–water partition coefficient (Wildman–Crippen LogP) is 5.19. The van der Waals surface area contributed by atoms with Crippen LogP contribution in [0.3, 0.4) is 0 Å². The Morgan fingerprint density at radius 2 is 1.43 bits per heavy atom. The van der Waals surface area contributed by atoms with E-state index in [4.69, 9.17) is 0 Å². The van der Waals surface area contributed by atoms with Gasteiger partial charge in [0.25, 0.3) is 5.91 Å². The second-order valence-electron chi connectivity index (χ2n) is 5.97. The largest absolute Gasteiger partial charge is 0.323 e. The zero-order chi connectivity index (χ0) is 19.3. The number of aromatic nitrogens is 1. The average Bonchev–Trinajstić information content (AvgIpc) is 3.10. The maximum atomic E-state index is 12.3. The van der Waals surface area contributed by atoms with Crippen LogP contribution in [-0.2, 0) is 0 Å². The van der Waals surface area contributed by atoms with Crippen molar-refractivity contribution in [2.24, 2.45) is 0 Å². The maximum absolute atomic E-state index is 12.3. The van der Waals surface area contributed by atoms with E-state index >= 15 is 0 Å². The topological polar surface area (TPSA) is 83.1 Å². The number of hydrogen-bond donors (Lipinski definition) is 3. The summed E-state index contributed by atoms with van der Waals surface area (Å²) in [5.41, 5.74) is 2.68. The Morgan fingerprint density at radius 3 is 2.18 bits per heavy atom. The molecule has 0 bridgehead atoms. The summed E-state index contributed by atoms with van der Waals surface area (Å²) in [7, 11) is 0. The van der Waals surface area contributed by atoms with Crippen molar-refractivity contribution in [2.75, 3.05) is 16.0 Å². The summed E-state index contributed by atoms with van der Waals surface area (Å²) in [6, 6.07) is 23.3. The normalized spacial score (nSPS) is 10.4. The minimum absolute atomic E-state index is 0.208. The van der Waals surface area contributed by atoms with Crippen LogP contribution in [0.4, 0.5) is 21.3 Å². The van der Waals surface area contributed by atoms with Crippen LogP contribution in [0.1, 0.15) is 10.4 Å². The molecule has 3 amide bonds. The van der Waals surface area contributed by atoms with Crippen molar-refractivity contribution < 1.29 is 9.59 Å². The van der Waals surface area contributed by atoms with E-state index in [1.807, 2.05) is 60.7 Å². The fourth-order valence-electron chi connectivity index (χ4n) is 2.63. The van der Waals surface area contributed by atoms with Gasteiger partial charge in [-0.2, -0.15) is 0 Å². The highest BCUT2D eigenvalue weighted by Gasteiger charge is 2.11. The van der Waals surface area contributed by atoms with Gasteiger partial charge in [-0.05, 0) is 42.5 Å². The number of amides is 3. The number of rotatable bonds is 4. The fourth-order valence-corrected chi connectivity index (χ4v) is 3.53. The summed E-state index contributed by atoms with van der Waals surface area (Å²) in [5.74, 6) is -0.208. The smallest absolute Gasteiger partial charge is 0.308 e. The van der Waals surface area contributed by atoms with E-state index in [1.54, 1.807) is 18.2 Å². The molecule has 0 aliphatic rings. The Balaban J connectivity index is 1.46. The van der Waals surface area contributed by atoms with Crippen LogP contribution in [0.25, 0.3) is 10.2 Å². The highest BCUT2D eigenvalue weighted by atomic mass is 32.1. The first-order chi connectivity index (χ1) is 13.7. The van der Waals surface area contributed by atoms with Crippen LogP contribution in [0.5, 0.6) is 0 Å². The van der Waals surface area contributed by atoms with Gasteiger partial charge in [0.2, 0.25) is 0 Å². The molecular weight excluding hydrogens is 372 g/mol. The van der Waals surface area contributed by atoms with Gasteiger partial charge in [0, 0.05) is 16.9 Å². The van der Waals surface area contributed by atoms with Gasteiger partial charge in [-0.15, -0.1) is 0 Å². The Morgan fingerprint density at radius 1 is 0.750 bits per heavy atom. The van der Waals surface area contributed by atoms with Gasteiger partial charge in [0.1, 0.15) is 0 Å². The molecule has 0 saturated carbocycles. The SMILES string of the molecule is O=C(Nc1ccccc1)Nc1ccc2nc(NC(=O)c3ccccc3)sc2c1. The number of nitrogens with one attached hydrogen (secondary N) is 3. The van der Waals surface area contributed by atoms with Crippen LogP contribution in [0.15, 0.2) is 78.9 Å². The lowest BCUT2D eigenvalue weighted by Crippen LogP contribution is -2.19. The van der Waals surface area contributed by atoms with Crippen LogP contribution in [0.2, 0.25) is 0 Å². The molecule has 0 unspecified atom stereocenters. The molecule has 7 heteroatoms. The third-order valence-corrected chi connectivity index (χ3v) is 4.87. The van der Waals surface area contributed by atoms with E-state index in [-0.39, 0.29) is 11.9 Å². The average molecular weight is 388 g/mol. The molecule has 3 N–H and O–H groups in total. The Kier molecular flexibility index (Phi) is 4.99. The van der Waals surface area contributed by atoms with Gasteiger partial charge in [-0.1, -0.05) is 47.7 Å². The number of benzene rings is 3. The molecule has 0 aliphatic heterocycles. The number of anilines is 3. The van der Waals surface area contributed by atoms with Gasteiger partial charge in [-0.3, -0.25) is 10.1 Å². The van der Waals surface area contributed by atoms with Crippen molar-refractivity contribution in [3.8, 4) is 0 Å². The van der Waals surface area contributed by atoms with E-state index in [1.165, 1.54) is 11.3 Å². The van der Waals surface area contributed by atoms with Crippen molar-refractivity contribution in [2.45, 2.75) is 0 Å². The van der Waals surface area contributed by atoms with Crippen LogP contribution in [-0.4, -0.2) is 16.9 Å². The summed E-state index contributed by atoms with van der Waals surface area (Å²) in [6.45, 7) is 0. The molecule has 0 aliphatic carbocycles. The van der Waals surface area contributed by atoms with Crippen molar-refractivity contribution in [3.63, 3.8) is 0 Å². The molecule has 3 aromatic carbocycles. The highest BCUT2D eigenvalue weighted by molar-refractivity contribution is 7.22. The van der Waals surface area contributed by atoms with Crippen molar-refractivity contribution in [3.05, 3.63) is 84.4 Å². The predicted molar refractivity (Wildman–Crippen MR) is 113 cm³/mol. The van der Waals surface area contributed by atoms with Crippen molar-refractivity contribution >= 4 is 50.0 Å². The summed E-state index contributed by atoms with van der Waals surface area (Å²) in [6.07, 6.45) is 0. The van der Waals surface area contributed by atoms with Crippen LogP contribution in [0, 0.1) is 0 Å². The van der Waals surface area contributed by atoms with E-state index in [2.05, 4.69) is 20.9 Å². The van der Waals surface area contributed by atoms with Gasteiger partial charge in [0.15, 0.2) is 5.13 Å². The number of urea groups is 1. The van der Waals surface area contributed by atoms with E-state index in [0.717, 1.165) is 10.2 Å². The molecule has 1 aromatic heterocycles. The summed E-state index contributed by atoms with van der Waals surface area (Å²) < 4.78 is 0.862. The number of para-hydroxylation sites is 1. The molecule has 0 saturated heterocycles. The molecule has 138 valence electrons. The Bertz CT molecular complexity index is 1130. The standard InChI is InChI=1S/C21H16N4O2S/c26-19(14-7-3-1-4-8-14)25-21-24-17-12-11-16(13-18(17)28-21)23-20(27)22-15-9-5-2-6-10-15/h1-13H,(H2,22,23,27)(H,24,25,26). The molecule has 28 heavy (non-hydrogen) atoms. The number of fused-ring (bicyclic) bond motifs is 1. The first-order valence-corrected chi connectivity index (χ1v) is 9.39. The second kappa shape index (κ2) is 7.89. The van der Waals surface area contributed by atoms with E-state index in [0.29, 0.717) is 22.1 Å². The van der Waals surface area contributed by atoms with E-state index in [9.17, 15) is 9.59 Å². The van der Waals surface area contributed by atoms with E-state index < -0.39 is 0 Å². The van der Waals surface area contributed by atoms with Gasteiger partial charge in [0.05, 0.1) is 10.2 Å². The monoisotopic (exact) mass is 388 g/mol. The second-order valence-corrected chi connectivity index (χ2v) is 7.00. The summed E-state index contributed by atoms with van der Waals surface area (Å²) in [4.78, 5) is 28.8. The number of thiazole rings is 1. The molecule has 0 atom stereocenters. The quantitative estimate of drug-likeness (QED) is 0.450. The lowest BCUT2D eigenvalue weighted by atomic mass is 10.2. The molecule has 0 fully saturated rings. The molecule has 6 nitrogen and oxygen atoms in total. The first kappa shape index (κ1) is 17.7. The minimum Gasteiger partial charge on any atom is -0.308 e. The minimum atomic E-state index is -0.326. The zero-order valence-corrected chi connectivity index (χ0v) is 15.5. The van der Waals surface area contributed by atoms with Gasteiger partial charge in [-0.25, -0.2) is 9.78 Å². The van der Waals surface area contributed by atoms with Crippen LogP contribution >= 0.6 is 11.3 Å². The van der Waals surface area contributed by atoms with Crippen molar-refractivity contribution in [1.29, 1.82) is 0 Å². The molecule has 4 rings (SSSR count). The maximum Gasteiger partial charge on any atom is 0.323 e. The molecule has 0 spiro atoms. The number of carbonyl (C=O) groups is 2. The summed E-state index contributed by atoms with van der Waals surface area (Å²) in [5, 5.41) is 8.89. The Hall–Kier alpha value is -3.71. The highest BCUT2D eigenvalue weighted by Crippen LogP contribution is 2.28. The molecular formula is C21H16N4O2S. The van der Waals surface area contributed by atoms with Gasteiger partial charge < -0.3 is 10.6 Å². The lowest BCUT2D eigenvalue weighted by molar-refractivity contribution is 0.102. The lowest BCUT2D eigenvalue weighted by Gasteiger charge is -2.07. The first-order valence-electron chi connectivity index (χ1n) is 8.57. The molecule has 0 radical (unpaired) electrons. The third kappa shape index (κ3) is 4.16. The number of hydrogen-bond acceptors (Lipinski definition) is 4. The van der Waals surface area contributed by atoms with Crippen LogP contribution < -0.4 is 16.0 Å².